The zero-order chi connectivity index (χ0) is 42.4. The Kier molecular flexibility index (Phi) is 15.5. The van der Waals surface area contributed by atoms with Crippen molar-refractivity contribution in [1.29, 1.82) is 0 Å². The maximum Gasteiger partial charge on any atom is 0.471 e. The molecule has 1 aromatic carbocycles. The zero-order valence-electron chi connectivity index (χ0n) is 33.6. The second-order valence-corrected chi connectivity index (χ2v) is 17.8. The molecule has 14 nitrogen and oxygen atoms in total. The summed E-state index contributed by atoms with van der Waals surface area (Å²) in [6, 6.07) is 1.62. The summed E-state index contributed by atoms with van der Waals surface area (Å²) in [7, 11) is -1.55. The molecule has 3 N–H and O–H groups in total. The molecule has 2 rings (SSSR count). The number of rotatable bonds is 13. The van der Waals surface area contributed by atoms with Gasteiger partial charge in [-0.25, -0.2) is 17.9 Å². The van der Waals surface area contributed by atoms with Gasteiger partial charge in [0.25, 0.3) is 10.0 Å². The van der Waals surface area contributed by atoms with Gasteiger partial charge in [-0.2, -0.15) is 13.2 Å². The molecular formula is C37H56F3N5O9S. The second kappa shape index (κ2) is 18.2. The number of likely N-dealkylation sites (N-methyl/N-ethyl adjacent to an activating group) is 1. The Morgan fingerprint density at radius 3 is 2.02 bits per heavy atom. The number of ether oxygens (including phenoxy) is 2. The van der Waals surface area contributed by atoms with Crippen LogP contribution in [0.3, 0.4) is 0 Å². The molecule has 0 aromatic heterocycles. The van der Waals surface area contributed by atoms with Crippen molar-refractivity contribution in [1.82, 2.24) is 19.8 Å². The quantitative estimate of drug-likeness (QED) is 0.231. The van der Waals surface area contributed by atoms with Crippen LogP contribution in [0.15, 0.2) is 40.8 Å². The van der Waals surface area contributed by atoms with Gasteiger partial charge < -0.3 is 29.9 Å². The molecule has 0 bridgehead atoms. The number of alkyl halides is 3. The van der Waals surface area contributed by atoms with Gasteiger partial charge in [0.1, 0.15) is 11.6 Å². The van der Waals surface area contributed by atoms with Crippen molar-refractivity contribution in [2.45, 2.75) is 123 Å². The zero-order valence-corrected chi connectivity index (χ0v) is 34.4. The van der Waals surface area contributed by atoms with Crippen molar-refractivity contribution in [2.24, 2.45) is 17.3 Å². The molecule has 5 amide bonds. The molecule has 0 aliphatic carbocycles. The van der Waals surface area contributed by atoms with E-state index in [4.69, 9.17) is 9.47 Å². The van der Waals surface area contributed by atoms with Gasteiger partial charge in [-0.1, -0.05) is 47.6 Å². The second-order valence-electron chi connectivity index (χ2n) is 16.1. The number of anilines is 1. The van der Waals surface area contributed by atoms with E-state index in [0.717, 1.165) is 24.3 Å². The van der Waals surface area contributed by atoms with E-state index < -0.39 is 80.2 Å². The highest BCUT2D eigenvalue weighted by atomic mass is 32.2. The van der Waals surface area contributed by atoms with Crippen LogP contribution in [0.25, 0.3) is 0 Å². The third-order valence-electron chi connectivity index (χ3n) is 9.04. The fraction of sp³-hybridized carbons (Fsp3) is 0.649. The lowest BCUT2D eigenvalue weighted by Gasteiger charge is -2.38. The summed E-state index contributed by atoms with van der Waals surface area (Å²) in [5.41, 5.74) is -1.46. The van der Waals surface area contributed by atoms with Gasteiger partial charge >= 0.3 is 18.2 Å². The minimum atomic E-state index is -5.14. The molecule has 0 saturated carbocycles. The van der Waals surface area contributed by atoms with E-state index in [1.54, 1.807) is 51.0 Å². The maximum absolute atomic E-state index is 14.0. The van der Waals surface area contributed by atoms with Gasteiger partial charge in [0.15, 0.2) is 0 Å². The van der Waals surface area contributed by atoms with Gasteiger partial charge in [0.2, 0.25) is 17.7 Å². The van der Waals surface area contributed by atoms with E-state index in [1.165, 1.54) is 18.9 Å². The summed E-state index contributed by atoms with van der Waals surface area (Å²) in [5.74, 6) is -5.17. The smallest absolute Gasteiger partial charge is 0.444 e. The number of sulfonamides is 1. The Morgan fingerprint density at radius 1 is 0.982 bits per heavy atom. The molecule has 1 aromatic rings. The van der Waals surface area contributed by atoms with Gasteiger partial charge in [-0.15, -0.1) is 0 Å². The lowest BCUT2D eigenvalue weighted by molar-refractivity contribution is -0.167. The fourth-order valence-electron chi connectivity index (χ4n) is 6.16. The van der Waals surface area contributed by atoms with Crippen LogP contribution in [0.1, 0.15) is 82.1 Å². The van der Waals surface area contributed by atoms with E-state index in [-0.39, 0.29) is 23.4 Å². The van der Waals surface area contributed by atoms with E-state index >= 15 is 0 Å². The van der Waals surface area contributed by atoms with Gasteiger partial charge in [-0.3, -0.25) is 19.2 Å². The summed E-state index contributed by atoms with van der Waals surface area (Å²) >= 11 is 0. The van der Waals surface area contributed by atoms with Crippen molar-refractivity contribution in [3.05, 3.63) is 35.9 Å². The number of likely N-dealkylation sites (tertiary alicyclic amines) is 1. The Hall–Kier alpha value is -4.19. The molecule has 55 heavy (non-hydrogen) atoms. The Bertz CT molecular complexity index is 1700. The fourth-order valence-corrected chi connectivity index (χ4v) is 7.23. The standard InChI is InChI=1S/C37H56F3N5O9S/c1-21(2)27(44(11)32(48)29(35(5,6)7)42-34(50)54-36(8,9)10)20-22(3)31(47)45-19-13-14-26(45)28(53-12)23(4)30(46)43-55(51,52)25-17-15-24(16-18-25)41-33(49)37(38,39)40/h15-18,20-21,23,26-29H,13-14,19H2,1-12H3,(H,41,49)(H,42,50)(H,43,46)/b22-20+/t23-,26+,27-,28-,29-/m1/s1. The number of nitrogens with zero attached hydrogens (tertiary/aromatic N) is 2. The van der Waals surface area contributed by atoms with Crippen LogP contribution in [0.5, 0.6) is 0 Å². The SMILES string of the molecule is CO[C@H]([C@@H](C)C(=O)NS(=O)(=O)c1ccc(NC(=O)C(F)(F)F)cc1)[C@@H]1CCCN1C(=O)/C(C)=C/[C@H](C(C)C)N(C)C(=O)[C@@H](NC(=O)OC(C)(C)C)C(C)(C)C. The predicted octanol–water partition coefficient (Wildman–Crippen LogP) is 5.00. The third kappa shape index (κ3) is 12.9. The molecular weight excluding hydrogens is 747 g/mol. The van der Waals surface area contributed by atoms with Crippen molar-refractivity contribution in [2.75, 3.05) is 26.0 Å². The molecule has 1 aliphatic heterocycles. The lowest BCUT2D eigenvalue weighted by Crippen LogP contribution is -2.57. The van der Waals surface area contributed by atoms with Crippen molar-refractivity contribution in [3.8, 4) is 0 Å². The molecule has 310 valence electrons. The van der Waals surface area contributed by atoms with E-state index in [9.17, 15) is 45.6 Å². The maximum atomic E-state index is 14.0. The Labute approximate surface area is 322 Å². The highest BCUT2D eigenvalue weighted by molar-refractivity contribution is 7.90. The summed E-state index contributed by atoms with van der Waals surface area (Å²) in [6.07, 6.45) is -4.11. The van der Waals surface area contributed by atoms with Crippen LogP contribution in [-0.4, -0.2) is 105 Å². The van der Waals surface area contributed by atoms with Crippen LogP contribution < -0.4 is 15.4 Å². The number of amides is 5. The molecule has 0 unspecified atom stereocenters. The topological polar surface area (TPSA) is 181 Å². The van der Waals surface area contributed by atoms with Gasteiger partial charge in [0, 0.05) is 32.0 Å². The number of carbonyl (C=O) groups is 5. The van der Waals surface area contributed by atoms with E-state index in [2.05, 4.69) is 5.32 Å². The van der Waals surface area contributed by atoms with E-state index in [1.807, 2.05) is 39.3 Å². The minimum absolute atomic E-state index is 0.152. The summed E-state index contributed by atoms with van der Waals surface area (Å²) in [4.78, 5) is 67.7. The molecule has 0 radical (unpaired) electrons. The summed E-state index contributed by atoms with van der Waals surface area (Å²) in [5, 5.41) is 4.32. The molecule has 1 heterocycles. The third-order valence-corrected chi connectivity index (χ3v) is 10.4. The van der Waals surface area contributed by atoms with Crippen LogP contribution >= 0.6 is 0 Å². The molecule has 1 fully saturated rings. The van der Waals surface area contributed by atoms with Gasteiger partial charge in [-0.05, 0) is 76.1 Å². The summed E-state index contributed by atoms with van der Waals surface area (Å²) in [6.45, 7) is 17.8. The molecule has 0 spiro atoms. The first-order valence-corrected chi connectivity index (χ1v) is 19.3. The molecule has 1 aliphatic rings. The van der Waals surface area contributed by atoms with Crippen molar-refractivity contribution < 1.29 is 55.0 Å². The first-order chi connectivity index (χ1) is 25.0. The van der Waals surface area contributed by atoms with Crippen LogP contribution in [0.4, 0.5) is 23.7 Å². The number of methoxy groups -OCH3 is 1. The Balaban J connectivity index is 2.26. The number of benzene rings is 1. The highest BCUT2D eigenvalue weighted by Gasteiger charge is 2.42. The number of nitrogens with one attached hydrogen (secondary N) is 3. The van der Waals surface area contributed by atoms with Crippen LogP contribution in [0.2, 0.25) is 0 Å². The van der Waals surface area contributed by atoms with E-state index in [0.29, 0.717) is 25.0 Å². The average Bonchev–Trinajstić information content (AvgIpc) is 3.52. The molecule has 5 atom stereocenters. The average molecular weight is 804 g/mol. The van der Waals surface area contributed by atoms with Gasteiger partial charge in [0.05, 0.1) is 29.0 Å². The highest BCUT2D eigenvalue weighted by Crippen LogP contribution is 2.30. The minimum Gasteiger partial charge on any atom is -0.444 e. The first-order valence-electron chi connectivity index (χ1n) is 17.8. The largest absolute Gasteiger partial charge is 0.471 e. The molecule has 18 heteroatoms. The number of alkyl carbamates (subject to hydrolysis) is 1. The Morgan fingerprint density at radius 2 is 1.55 bits per heavy atom. The first kappa shape index (κ1) is 47.0. The van der Waals surface area contributed by atoms with Crippen LogP contribution in [-0.2, 0) is 38.7 Å². The normalized spacial score (nSPS) is 17.9. The predicted molar refractivity (Wildman–Crippen MR) is 199 cm³/mol. The summed E-state index contributed by atoms with van der Waals surface area (Å²) < 4.78 is 76.9. The number of hydrogen-bond donors (Lipinski definition) is 3. The number of halogens is 3. The molecule has 1 saturated heterocycles. The number of carbonyl (C=O) groups excluding carboxylic acids is 5. The van der Waals surface area contributed by atoms with Crippen molar-refractivity contribution in [3.63, 3.8) is 0 Å². The van der Waals surface area contributed by atoms with Crippen molar-refractivity contribution >= 4 is 45.4 Å². The van der Waals surface area contributed by atoms with Crippen LogP contribution in [0, 0.1) is 17.3 Å². The number of hydrogen-bond acceptors (Lipinski definition) is 9. The lowest BCUT2D eigenvalue weighted by atomic mass is 9.85. The monoisotopic (exact) mass is 803 g/mol.